The van der Waals surface area contributed by atoms with E-state index in [2.05, 4.69) is 5.32 Å². The van der Waals surface area contributed by atoms with E-state index >= 15 is 0 Å². The summed E-state index contributed by atoms with van der Waals surface area (Å²) in [6.45, 7) is -0.144. The van der Waals surface area contributed by atoms with Gasteiger partial charge in [0.2, 0.25) is 5.91 Å². The van der Waals surface area contributed by atoms with E-state index in [0.29, 0.717) is 5.69 Å². The summed E-state index contributed by atoms with van der Waals surface area (Å²) in [7, 11) is 0. The second kappa shape index (κ2) is 4.35. The Labute approximate surface area is 114 Å². The molecule has 0 spiro atoms. The third kappa shape index (κ3) is 2.10. The van der Waals surface area contributed by atoms with Crippen molar-refractivity contribution in [2.24, 2.45) is 0 Å². The average Bonchev–Trinajstić information content (AvgIpc) is 3.14. The van der Waals surface area contributed by atoms with Gasteiger partial charge in [-0.2, -0.15) is 0 Å². The van der Waals surface area contributed by atoms with E-state index in [9.17, 15) is 14.4 Å². The Balaban J connectivity index is 1.86. The summed E-state index contributed by atoms with van der Waals surface area (Å²) in [5.41, 5.74) is 0.599. The summed E-state index contributed by atoms with van der Waals surface area (Å²) < 4.78 is 0. The van der Waals surface area contributed by atoms with Gasteiger partial charge in [0.1, 0.15) is 6.54 Å². The summed E-state index contributed by atoms with van der Waals surface area (Å²) >= 11 is 5.93. The number of carbonyl (C=O) groups is 3. The maximum atomic E-state index is 11.9. The van der Waals surface area contributed by atoms with Crippen molar-refractivity contribution in [2.75, 3.05) is 11.4 Å². The van der Waals surface area contributed by atoms with Crippen LogP contribution in [0.5, 0.6) is 0 Å². The molecule has 1 fully saturated rings. The zero-order valence-electron chi connectivity index (χ0n) is 9.98. The minimum absolute atomic E-state index is 0.144. The summed E-state index contributed by atoms with van der Waals surface area (Å²) in [6, 6.07) is 5.05. The predicted octanol–water partition coefficient (Wildman–Crippen LogP) is 1.15. The Bertz CT molecular complexity index is 596. The number of carbonyl (C=O) groups excluding carboxylic acids is 3. The maximum absolute atomic E-state index is 11.9. The van der Waals surface area contributed by atoms with Crippen LogP contribution in [0.2, 0.25) is 5.02 Å². The van der Waals surface area contributed by atoms with E-state index < -0.39 is 11.7 Å². The molecule has 2 aliphatic rings. The molecular weight excluding hydrogens is 268 g/mol. The van der Waals surface area contributed by atoms with Crippen LogP contribution in [-0.2, 0) is 9.59 Å². The highest BCUT2D eigenvalue weighted by Crippen LogP contribution is 2.33. The number of hydrogen-bond acceptors (Lipinski definition) is 3. The molecule has 98 valence electrons. The first-order chi connectivity index (χ1) is 9.08. The molecule has 2 amide bonds. The van der Waals surface area contributed by atoms with Gasteiger partial charge >= 0.3 is 0 Å². The lowest BCUT2D eigenvalue weighted by Crippen LogP contribution is -2.40. The molecule has 0 bridgehead atoms. The fourth-order valence-corrected chi connectivity index (χ4v) is 2.36. The first-order valence-corrected chi connectivity index (χ1v) is 6.40. The molecule has 1 heterocycles. The van der Waals surface area contributed by atoms with Gasteiger partial charge in [-0.1, -0.05) is 17.7 Å². The van der Waals surface area contributed by atoms with Crippen molar-refractivity contribution in [1.29, 1.82) is 0 Å². The summed E-state index contributed by atoms with van der Waals surface area (Å²) in [5.74, 6) is -1.61. The molecule has 0 unspecified atom stereocenters. The van der Waals surface area contributed by atoms with Gasteiger partial charge in [-0.25, -0.2) is 0 Å². The number of nitrogens with one attached hydrogen (secondary N) is 1. The molecule has 5 nitrogen and oxygen atoms in total. The van der Waals surface area contributed by atoms with E-state index in [1.54, 1.807) is 18.2 Å². The van der Waals surface area contributed by atoms with E-state index in [4.69, 9.17) is 11.6 Å². The molecule has 6 heteroatoms. The highest BCUT2D eigenvalue weighted by Gasteiger charge is 2.38. The number of fused-ring (bicyclic) bond motifs is 1. The van der Waals surface area contributed by atoms with Crippen LogP contribution in [0.4, 0.5) is 5.69 Å². The number of anilines is 1. The highest BCUT2D eigenvalue weighted by molar-refractivity contribution is 6.55. The second-order valence-electron chi connectivity index (χ2n) is 4.70. The van der Waals surface area contributed by atoms with E-state index in [0.717, 1.165) is 12.8 Å². The molecule has 0 atom stereocenters. The minimum atomic E-state index is -0.700. The first kappa shape index (κ1) is 12.2. The summed E-state index contributed by atoms with van der Waals surface area (Å²) in [4.78, 5) is 36.7. The number of amides is 2. The van der Waals surface area contributed by atoms with Crippen molar-refractivity contribution in [3.8, 4) is 0 Å². The van der Waals surface area contributed by atoms with Crippen molar-refractivity contribution < 1.29 is 14.4 Å². The van der Waals surface area contributed by atoms with Crippen molar-refractivity contribution in [1.82, 2.24) is 5.32 Å². The Kier molecular flexibility index (Phi) is 2.78. The molecule has 1 aliphatic heterocycles. The van der Waals surface area contributed by atoms with Crippen LogP contribution in [0.1, 0.15) is 23.2 Å². The molecule has 1 aliphatic carbocycles. The van der Waals surface area contributed by atoms with Gasteiger partial charge < -0.3 is 5.32 Å². The molecule has 1 aromatic carbocycles. The van der Waals surface area contributed by atoms with E-state index in [-0.39, 0.29) is 29.1 Å². The van der Waals surface area contributed by atoms with Crippen LogP contribution in [0.15, 0.2) is 18.2 Å². The molecule has 1 N–H and O–H groups in total. The van der Waals surface area contributed by atoms with Crippen molar-refractivity contribution in [3.05, 3.63) is 28.8 Å². The van der Waals surface area contributed by atoms with Gasteiger partial charge in [-0.05, 0) is 25.0 Å². The molecule has 0 aromatic heterocycles. The van der Waals surface area contributed by atoms with Gasteiger partial charge in [0.05, 0.1) is 16.3 Å². The Hall–Kier alpha value is -1.88. The molecule has 0 radical (unpaired) electrons. The van der Waals surface area contributed by atoms with Crippen LogP contribution in [0.25, 0.3) is 0 Å². The van der Waals surface area contributed by atoms with Gasteiger partial charge in [-0.3, -0.25) is 19.3 Å². The van der Waals surface area contributed by atoms with E-state index in [1.165, 1.54) is 4.90 Å². The fourth-order valence-electron chi connectivity index (χ4n) is 2.10. The second-order valence-corrected chi connectivity index (χ2v) is 5.10. The van der Waals surface area contributed by atoms with E-state index in [1.807, 2.05) is 0 Å². The SMILES string of the molecule is O=C(CN1C(=O)C(=O)c2c(Cl)cccc21)NC1CC1. The Morgan fingerprint density at radius 2 is 2.11 bits per heavy atom. The highest BCUT2D eigenvalue weighted by atomic mass is 35.5. The van der Waals surface area contributed by atoms with Crippen LogP contribution in [0, 0.1) is 0 Å². The fraction of sp³-hybridized carbons (Fsp3) is 0.308. The van der Waals surface area contributed by atoms with Crippen LogP contribution < -0.4 is 10.2 Å². The number of Topliss-reactive ketones (excluding diaryl/α,β-unsaturated/α-hetero) is 1. The largest absolute Gasteiger partial charge is 0.352 e. The van der Waals surface area contributed by atoms with Gasteiger partial charge in [0.25, 0.3) is 11.7 Å². The van der Waals surface area contributed by atoms with Crippen molar-refractivity contribution in [3.63, 3.8) is 0 Å². The zero-order chi connectivity index (χ0) is 13.6. The number of ketones is 1. The van der Waals surface area contributed by atoms with Crippen molar-refractivity contribution >= 4 is 34.9 Å². The lowest BCUT2D eigenvalue weighted by atomic mass is 10.1. The normalized spacial score (nSPS) is 17.6. The van der Waals surface area contributed by atoms with Crippen molar-refractivity contribution in [2.45, 2.75) is 18.9 Å². The topological polar surface area (TPSA) is 66.5 Å². The maximum Gasteiger partial charge on any atom is 0.300 e. The van der Waals surface area contributed by atoms with Crippen LogP contribution >= 0.6 is 11.6 Å². The number of nitrogens with zero attached hydrogens (tertiary/aromatic N) is 1. The third-order valence-corrected chi connectivity index (χ3v) is 3.51. The molecule has 1 saturated carbocycles. The number of hydrogen-bond donors (Lipinski definition) is 1. The molecule has 1 aromatic rings. The predicted molar refractivity (Wildman–Crippen MR) is 69.3 cm³/mol. The zero-order valence-corrected chi connectivity index (χ0v) is 10.7. The lowest BCUT2D eigenvalue weighted by Gasteiger charge is -2.15. The molecule has 19 heavy (non-hydrogen) atoms. The standard InChI is InChI=1S/C13H11ClN2O3/c14-8-2-1-3-9-11(8)12(18)13(19)16(9)6-10(17)15-7-4-5-7/h1-3,7H,4-6H2,(H,15,17). The number of rotatable bonds is 3. The molecular formula is C13H11ClN2O3. The van der Waals surface area contributed by atoms with Crippen LogP contribution in [0.3, 0.4) is 0 Å². The number of halogens is 1. The lowest BCUT2D eigenvalue weighted by molar-refractivity contribution is -0.122. The monoisotopic (exact) mass is 278 g/mol. The smallest absolute Gasteiger partial charge is 0.300 e. The minimum Gasteiger partial charge on any atom is -0.352 e. The molecule has 3 rings (SSSR count). The molecule has 0 saturated heterocycles. The van der Waals surface area contributed by atoms with Gasteiger partial charge in [0.15, 0.2) is 0 Å². The average molecular weight is 279 g/mol. The summed E-state index contributed by atoms with van der Waals surface area (Å²) in [5, 5.41) is 3.02. The van der Waals surface area contributed by atoms with Gasteiger partial charge in [0, 0.05) is 6.04 Å². The third-order valence-electron chi connectivity index (χ3n) is 3.19. The Morgan fingerprint density at radius 3 is 2.79 bits per heavy atom. The summed E-state index contributed by atoms with van der Waals surface area (Å²) in [6.07, 6.45) is 1.95. The first-order valence-electron chi connectivity index (χ1n) is 6.02. The van der Waals surface area contributed by atoms with Gasteiger partial charge in [-0.15, -0.1) is 0 Å². The Morgan fingerprint density at radius 1 is 1.37 bits per heavy atom. The number of benzene rings is 1. The van der Waals surface area contributed by atoms with Crippen LogP contribution in [-0.4, -0.2) is 30.2 Å². The quantitative estimate of drug-likeness (QED) is 0.844.